The second-order valence-electron chi connectivity index (χ2n) is 7.66. The second kappa shape index (κ2) is 8.05. The van der Waals surface area contributed by atoms with Gasteiger partial charge in [-0.1, -0.05) is 108 Å². The van der Waals surface area contributed by atoms with Gasteiger partial charge in [-0.05, 0) is 47.6 Å². The van der Waals surface area contributed by atoms with E-state index in [9.17, 15) is 9.90 Å². The summed E-state index contributed by atoms with van der Waals surface area (Å²) in [5.74, 6) is 0.582. The molecule has 3 rings (SSSR count). The van der Waals surface area contributed by atoms with Crippen LogP contribution in [0.3, 0.4) is 0 Å². The summed E-state index contributed by atoms with van der Waals surface area (Å²) in [6.07, 6.45) is 0.428. The number of hydrogen-bond acceptors (Lipinski definition) is 2. The Morgan fingerprint density at radius 2 is 1.71 bits per heavy atom. The third-order valence-corrected chi connectivity index (χ3v) is 10.3. The number of rotatable bonds is 6. The number of aliphatic carboxylic acids is 1. The SMILES string of the molecule is CC1(C)C(C(Br)C(Br)(Br)Br)C1(Cc1cccc(Oc2ccccc2)c1)C(=O)O. The molecule has 28 heavy (non-hydrogen) atoms. The van der Waals surface area contributed by atoms with Crippen molar-refractivity contribution in [3.05, 3.63) is 60.2 Å². The molecular weight excluding hydrogens is 620 g/mol. The lowest BCUT2D eigenvalue weighted by Gasteiger charge is -2.22. The van der Waals surface area contributed by atoms with Crippen molar-refractivity contribution in [1.82, 2.24) is 0 Å². The van der Waals surface area contributed by atoms with Crippen molar-refractivity contribution in [3.63, 3.8) is 0 Å². The highest BCUT2D eigenvalue weighted by Gasteiger charge is 2.78. The van der Waals surface area contributed by atoms with Crippen LogP contribution in [-0.4, -0.2) is 18.0 Å². The molecule has 0 amide bonds. The summed E-state index contributed by atoms with van der Waals surface area (Å²) in [4.78, 5) is 12.3. The highest BCUT2D eigenvalue weighted by molar-refractivity contribution is 9.40. The quantitative estimate of drug-likeness (QED) is 0.336. The Labute approximate surface area is 198 Å². The van der Waals surface area contributed by atoms with Gasteiger partial charge in [0.15, 0.2) is 0 Å². The predicted octanol–water partition coefficient (Wildman–Crippen LogP) is 7.35. The fourth-order valence-corrected chi connectivity index (χ4v) is 6.09. The number of carbonyl (C=O) groups is 1. The first-order chi connectivity index (χ1) is 13.0. The number of halogens is 4. The van der Waals surface area contributed by atoms with Crippen LogP contribution in [0.1, 0.15) is 19.4 Å². The van der Waals surface area contributed by atoms with Gasteiger partial charge >= 0.3 is 5.97 Å². The normalized spacial score (nSPS) is 24.4. The van der Waals surface area contributed by atoms with E-state index in [1.807, 2.05) is 68.4 Å². The number of hydrogen-bond donors (Lipinski definition) is 1. The molecular formula is C21H20Br4O3. The Hall–Kier alpha value is -0.370. The van der Waals surface area contributed by atoms with Crippen molar-refractivity contribution in [2.75, 3.05) is 0 Å². The van der Waals surface area contributed by atoms with Crippen molar-refractivity contribution in [3.8, 4) is 11.5 Å². The summed E-state index contributed by atoms with van der Waals surface area (Å²) in [5, 5.41) is 10.2. The maximum Gasteiger partial charge on any atom is 0.310 e. The second-order valence-corrected chi connectivity index (χ2v) is 15.6. The third kappa shape index (κ3) is 4.09. The lowest BCUT2D eigenvalue weighted by atomic mass is 9.88. The Morgan fingerprint density at radius 3 is 2.29 bits per heavy atom. The van der Waals surface area contributed by atoms with Crippen molar-refractivity contribution >= 4 is 69.7 Å². The monoisotopic (exact) mass is 636 g/mol. The smallest absolute Gasteiger partial charge is 0.310 e. The maximum absolute atomic E-state index is 12.4. The molecule has 1 fully saturated rings. The molecule has 0 aliphatic heterocycles. The van der Waals surface area contributed by atoms with Gasteiger partial charge in [0.25, 0.3) is 0 Å². The zero-order valence-corrected chi connectivity index (χ0v) is 21.7. The lowest BCUT2D eigenvalue weighted by Crippen LogP contribution is -2.29. The predicted molar refractivity (Wildman–Crippen MR) is 126 cm³/mol. The summed E-state index contributed by atoms with van der Waals surface area (Å²) >= 11 is 14.3. The summed E-state index contributed by atoms with van der Waals surface area (Å²) in [5.41, 5.74) is -0.327. The third-order valence-electron chi connectivity index (χ3n) is 5.72. The average Bonchev–Trinajstić information content (AvgIpc) is 3.10. The van der Waals surface area contributed by atoms with Gasteiger partial charge in [-0.2, -0.15) is 0 Å². The van der Waals surface area contributed by atoms with E-state index < -0.39 is 13.5 Å². The lowest BCUT2D eigenvalue weighted by molar-refractivity contribution is -0.145. The zero-order chi connectivity index (χ0) is 20.7. The van der Waals surface area contributed by atoms with Crippen LogP contribution in [-0.2, 0) is 11.2 Å². The molecule has 3 unspecified atom stereocenters. The number of ether oxygens (including phenoxy) is 1. The fraction of sp³-hybridized carbons (Fsp3) is 0.381. The minimum atomic E-state index is -0.882. The van der Waals surface area contributed by atoms with E-state index in [1.54, 1.807) is 0 Å². The molecule has 1 N–H and O–H groups in total. The van der Waals surface area contributed by atoms with Crippen molar-refractivity contribution < 1.29 is 14.6 Å². The van der Waals surface area contributed by atoms with Gasteiger partial charge in [-0.15, -0.1) is 0 Å². The van der Waals surface area contributed by atoms with Crippen LogP contribution in [0.5, 0.6) is 11.5 Å². The van der Waals surface area contributed by atoms with Gasteiger partial charge in [0, 0.05) is 0 Å². The minimum absolute atomic E-state index is 0.0886. The molecule has 3 atom stereocenters. The standard InChI is InChI=1S/C21H20Br4O3/c1-19(2)16(17(22)21(23,24)25)20(19,18(26)27)12-13-7-6-10-15(11-13)28-14-8-4-3-5-9-14/h3-11,16-17H,12H2,1-2H3,(H,26,27). The van der Waals surface area contributed by atoms with Crippen LogP contribution >= 0.6 is 63.7 Å². The molecule has 2 aromatic rings. The van der Waals surface area contributed by atoms with Gasteiger partial charge < -0.3 is 9.84 Å². The zero-order valence-electron chi connectivity index (χ0n) is 15.3. The van der Waals surface area contributed by atoms with Crippen molar-refractivity contribution in [2.45, 2.75) is 27.2 Å². The molecule has 1 aliphatic rings. The van der Waals surface area contributed by atoms with Crippen LogP contribution in [0.15, 0.2) is 54.6 Å². The summed E-state index contributed by atoms with van der Waals surface area (Å²) in [6.45, 7) is 4.03. The van der Waals surface area contributed by atoms with Gasteiger partial charge in [0.1, 0.15) is 13.6 Å². The summed E-state index contributed by atoms with van der Waals surface area (Å²) in [6, 6.07) is 17.2. The molecule has 3 nitrogen and oxygen atoms in total. The van der Waals surface area contributed by atoms with Crippen LogP contribution < -0.4 is 4.74 Å². The number of carboxylic acids is 1. The highest BCUT2D eigenvalue weighted by Crippen LogP contribution is 2.75. The summed E-state index contributed by atoms with van der Waals surface area (Å²) < 4.78 is 5.34. The maximum atomic E-state index is 12.4. The number of alkyl halides is 4. The Balaban J connectivity index is 1.88. The van der Waals surface area contributed by atoms with Gasteiger partial charge in [0.05, 0.1) is 10.2 Å². The molecule has 2 aromatic carbocycles. The van der Waals surface area contributed by atoms with Crippen LogP contribution in [0.4, 0.5) is 0 Å². The fourth-order valence-electron chi connectivity index (χ4n) is 4.19. The first-order valence-electron chi connectivity index (χ1n) is 8.76. The molecule has 0 radical (unpaired) electrons. The van der Waals surface area contributed by atoms with Crippen molar-refractivity contribution in [2.24, 2.45) is 16.7 Å². The Morgan fingerprint density at radius 1 is 1.11 bits per heavy atom. The van der Waals surface area contributed by atoms with E-state index in [-0.39, 0.29) is 16.2 Å². The van der Waals surface area contributed by atoms with E-state index in [2.05, 4.69) is 63.7 Å². The molecule has 0 aromatic heterocycles. The molecule has 0 spiro atoms. The molecule has 0 heterocycles. The van der Waals surface area contributed by atoms with Crippen LogP contribution in [0.25, 0.3) is 0 Å². The van der Waals surface area contributed by atoms with E-state index in [1.165, 1.54) is 0 Å². The first kappa shape index (κ1) is 22.3. The molecule has 0 bridgehead atoms. The topological polar surface area (TPSA) is 46.5 Å². The average molecular weight is 640 g/mol. The van der Waals surface area contributed by atoms with E-state index in [0.29, 0.717) is 12.2 Å². The Bertz CT molecular complexity index is 863. The first-order valence-corrected chi connectivity index (χ1v) is 12.1. The number of para-hydroxylation sites is 1. The van der Waals surface area contributed by atoms with Crippen LogP contribution in [0.2, 0.25) is 0 Å². The van der Waals surface area contributed by atoms with E-state index in [0.717, 1.165) is 11.3 Å². The van der Waals surface area contributed by atoms with E-state index >= 15 is 0 Å². The number of benzene rings is 2. The van der Waals surface area contributed by atoms with Gasteiger partial charge in [0.2, 0.25) is 0 Å². The summed E-state index contributed by atoms with van der Waals surface area (Å²) in [7, 11) is 0. The minimum Gasteiger partial charge on any atom is -0.481 e. The largest absolute Gasteiger partial charge is 0.481 e. The molecule has 1 saturated carbocycles. The molecule has 7 heteroatoms. The van der Waals surface area contributed by atoms with E-state index in [4.69, 9.17) is 4.74 Å². The number of carboxylic acid groups (broad SMARTS) is 1. The van der Waals surface area contributed by atoms with Gasteiger partial charge in [-0.25, -0.2) is 0 Å². The Kier molecular flexibility index (Phi) is 6.41. The molecule has 0 saturated heterocycles. The highest BCUT2D eigenvalue weighted by atomic mass is 80.0. The molecule has 150 valence electrons. The van der Waals surface area contributed by atoms with Crippen molar-refractivity contribution in [1.29, 1.82) is 0 Å². The van der Waals surface area contributed by atoms with Crippen LogP contribution in [0, 0.1) is 16.7 Å². The van der Waals surface area contributed by atoms with Gasteiger partial charge in [-0.3, -0.25) is 4.79 Å². The molecule has 1 aliphatic carbocycles.